The Labute approximate surface area is 66.5 Å². The van der Waals surface area contributed by atoms with Crippen LogP contribution in [0.3, 0.4) is 0 Å². The molecule has 0 bridgehead atoms. The minimum absolute atomic E-state index is 0.00685. The summed E-state index contributed by atoms with van der Waals surface area (Å²) >= 11 is 3.04. The lowest BCUT2D eigenvalue weighted by atomic mass is 10.1. The van der Waals surface area contributed by atoms with Crippen LogP contribution in [0.4, 0.5) is 0 Å². The molecule has 1 rings (SSSR count). The summed E-state index contributed by atoms with van der Waals surface area (Å²) in [5.74, 6) is -1.38. The summed E-state index contributed by atoms with van der Waals surface area (Å²) in [7, 11) is 0. The molecule has 0 saturated heterocycles. The Bertz CT molecular complexity index is 178. The summed E-state index contributed by atoms with van der Waals surface area (Å²) in [6.07, 6.45) is 0.872. The smallest absolute Gasteiger partial charge is 0.308 e. The van der Waals surface area contributed by atoms with E-state index in [4.69, 9.17) is 5.11 Å². The highest BCUT2D eigenvalue weighted by Gasteiger charge is 2.37. The van der Waals surface area contributed by atoms with Gasteiger partial charge in [-0.2, -0.15) is 0 Å². The Morgan fingerprint density at radius 2 is 2.30 bits per heavy atom. The van der Waals surface area contributed by atoms with Gasteiger partial charge in [0.1, 0.15) is 5.78 Å². The number of ketones is 1. The quantitative estimate of drug-likeness (QED) is 0.647. The molecule has 2 atom stereocenters. The molecule has 1 N–H and O–H groups in total. The molecule has 0 radical (unpaired) electrons. The normalized spacial score (nSPS) is 32.7. The summed E-state index contributed by atoms with van der Waals surface area (Å²) < 4.78 is 0. The van der Waals surface area contributed by atoms with Crippen molar-refractivity contribution in [1.82, 2.24) is 0 Å². The van der Waals surface area contributed by atoms with E-state index in [1.54, 1.807) is 0 Å². The first kappa shape index (κ1) is 7.72. The monoisotopic (exact) mass is 206 g/mol. The molecule has 0 aromatic heterocycles. The predicted octanol–water partition coefficient (Wildman–Crippen LogP) is 0.814. The number of carboxylic acids is 1. The molecule has 2 unspecified atom stereocenters. The fourth-order valence-corrected chi connectivity index (χ4v) is 1.77. The third-order valence-electron chi connectivity index (χ3n) is 1.68. The highest BCUT2D eigenvalue weighted by atomic mass is 79.9. The predicted molar refractivity (Wildman–Crippen MR) is 38.1 cm³/mol. The van der Waals surface area contributed by atoms with Crippen LogP contribution in [0.1, 0.15) is 12.8 Å². The van der Waals surface area contributed by atoms with Crippen LogP contribution in [0.5, 0.6) is 0 Å². The van der Waals surface area contributed by atoms with E-state index in [2.05, 4.69) is 15.9 Å². The minimum Gasteiger partial charge on any atom is -0.481 e. The van der Waals surface area contributed by atoms with Crippen LogP contribution in [-0.2, 0) is 9.59 Å². The Hall–Kier alpha value is -0.380. The highest BCUT2D eigenvalue weighted by molar-refractivity contribution is 9.10. The van der Waals surface area contributed by atoms with Crippen LogP contribution in [-0.4, -0.2) is 21.7 Å². The van der Waals surface area contributed by atoms with E-state index in [0.29, 0.717) is 12.8 Å². The van der Waals surface area contributed by atoms with Gasteiger partial charge in [0.05, 0.1) is 10.7 Å². The van der Waals surface area contributed by atoms with Crippen LogP contribution < -0.4 is 0 Å². The average Bonchev–Trinajstić information content (AvgIpc) is 2.14. The van der Waals surface area contributed by atoms with Gasteiger partial charge in [-0.25, -0.2) is 0 Å². The molecule has 0 spiro atoms. The van der Waals surface area contributed by atoms with E-state index in [-0.39, 0.29) is 5.78 Å². The molecule has 1 saturated carbocycles. The van der Waals surface area contributed by atoms with Crippen LogP contribution in [0, 0.1) is 5.92 Å². The first-order valence-corrected chi connectivity index (χ1v) is 3.94. The molecule has 0 amide bonds. The van der Waals surface area contributed by atoms with E-state index in [9.17, 15) is 9.59 Å². The van der Waals surface area contributed by atoms with Gasteiger partial charge in [-0.1, -0.05) is 15.9 Å². The largest absolute Gasteiger partial charge is 0.481 e. The Balaban J connectivity index is 2.66. The van der Waals surface area contributed by atoms with E-state index in [1.807, 2.05) is 0 Å². The van der Waals surface area contributed by atoms with Gasteiger partial charge in [0, 0.05) is 6.42 Å². The molecular formula is C6H7BrO3. The molecule has 4 heteroatoms. The Morgan fingerprint density at radius 3 is 2.50 bits per heavy atom. The molecule has 10 heavy (non-hydrogen) atoms. The lowest BCUT2D eigenvalue weighted by molar-refractivity contribution is -0.141. The number of hydrogen-bond donors (Lipinski definition) is 1. The standard InChI is InChI=1S/C6H7BrO3/c7-5-3(6(9)10)1-2-4(5)8/h3,5H,1-2H2,(H,9,10). The zero-order valence-electron chi connectivity index (χ0n) is 5.21. The fourth-order valence-electron chi connectivity index (χ4n) is 1.06. The number of alkyl halides is 1. The maximum Gasteiger partial charge on any atom is 0.308 e. The zero-order valence-corrected chi connectivity index (χ0v) is 6.80. The lowest BCUT2D eigenvalue weighted by Gasteiger charge is -2.04. The number of carbonyl (C=O) groups is 2. The van der Waals surface area contributed by atoms with Crippen molar-refractivity contribution < 1.29 is 14.7 Å². The summed E-state index contributed by atoms with van der Waals surface area (Å²) in [6, 6.07) is 0. The maximum absolute atomic E-state index is 10.8. The number of carboxylic acid groups (broad SMARTS) is 1. The topological polar surface area (TPSA) is 54.4 Å². The zero-order chi connectivity index (χ0) is 7.72. The average molecular weight is 207 g/mol. The molecule has 1 fully saturated rings. The summed E-state index contributed by atoms with van der Waals surface area (Å²) in [4.78, 5) is 20.7. The summed E-state index contributed by atoms with van der Waals surface area (Å²) in [5.41, 5.74) is 0. The number of Topliss-reactive ketones (excluding diaryl/α,β-unsaturated/α-hetero) is 1. The number of carbonyl (C=O) groups excluding carboxylic acids is 1. The van der Waals surface area contributed by atoms with Crippen molar-refractivity contribution in [3.63, 3.8) is 0 Å². The second kappa shape index (κ2) is 2.70. The molecule has 0 aromatic rings. The molecule has 0 heterocycles. The van der Waals surface area contributed by atoms with Gasteiger partial charge in [-0.15, -0.1) is 0 Å². The lowest BCUT2D eigenvalue weighted by Crippen LogP contribution is -2.21. The molecule has 1 aliphatic carbocycles. The van der Waals surface area contributed by atoms with Gasteiger partial charge in [0.25, 0.3) is 0 Å². The first-order chi connectivity index (χ1) is 4.63. The van der Waals surface area contributed by atoms with Gasteiger partial charge in [-0.05, 0) is 6.42 Å². The van der Waals surface area contributed by atoms with Crippen LogP contribution in [0.15, 0.2) is 0 Å². The Kier molecular flexibility index (Phi) is 2.08. The van der Waals surface area contributed by atoms with Crippen molar-refractivity contribution in [2.45, 2.75) is 17.7 Å². The maximum atomic E-state index is 10.8. The third-order valence-corrected chi connectivity index (χ3v) is 2.83. The Morgan fingerprint density at radius 1 is 1.70 bits per heavy atom. The second-order valence-corrected chi connectivity index (χ2v) is 3.34. The number of aliphatic carboxylic acids is 1. The molecular weight excluding hydrogens is 200 g/mol. The third kappa shape index (κ3) is 1.21. The molecule has 1 aliphatic rings. The van der Waals surface area contributed by atoms with Crippen LogP contribution in [0.2, 0.25) is 0 Å². The summed E-state index contributed by atoms with van der Waals surface area (Å²) in [5, 5.41) is 8.52. The van der Waals surface area contributed by atoms with Crippen LogP contribution >= 0.6 is 15.9 Å². The van der Waals surface area contributed by atoms with Crippen molar-refractivity contribution in [2.75, 3.05) is 0 Å². The van der Waals surface area contributed by atoms with E-state index >= 15 is 0 Å². The SMILES string of the molecule is O=C1CCC(C(=O)O)C1Br. The van der Waals surface area contributed by atoms with E-state index in [1.165, 1.54) is 0 Å². The second-order valence-electron chi connectivity index (χ2n) is 2.35. The van der Waals surface area contributed by atoms with Gasteiger partial charge >= 0.3 is 5.97 Å². The van der Waals surface area contributed by atoms with Crippen molar-refractivity contribution in [2.24, 2.45) is 5.92 Å². The van der Waals surface area contributed by atoms with Crippen molar-refractivity contribution in [3.8, 4) is 0 Å². The number of rotatable bonds is 1. The van der Waals surface area contributed by atoms with Crippen molar-refractivity contribution in [3.05, 3.63) is 0 Å². The van der Waals surface area contributed by atoms with Gasteiger partial charge in [0.15, 0.2) is 0 Å². The van der Waals surface area contributed by atoms with Crippen molar-refractivity contribution >= 4 is 27.7 Å². The molecule has 0 aliphatic heterocycles. The van der Waals surface area contributed by atoms with Gasteiger partial charge < -0.3 is 5.11 Å². The first-order valence-electron chi connectivity index (χ1n) is 3.02. The van der Waals surface area contributed by atoms with Gasteiger partial charge in [-0.3, -0.25) is 9.59 Å². The van der Waals surface area contributed by atoms with Gasteiger partial charge in [0.2, 0.25) is 0 Å². The van der Waals surface area contributed by atoms with Crippen LogP contribution in [0.25, 0.3) is 0 Å². The minimum atomic E-state index is -0.882. The van der Waals surface area contributed by atoms with E-state index in [0.717, 1.165) is 0 Å². The molecule has 0 aromatic carbocycles. The highest BCUT2D eigenvalue weighted by Crippen LogP contribution is 2.28. The molecule has 56 valence electrons. The van der Waals surface area contributed by atoms with E-state index < -0.39 is 16.7 Å². The number of halogens is 1. The molecule has 3 nitrogen and oxygen atoms in total. The summed E-state index contributed by atoms with van der Waals surface area (Å²) in [6.45, 7) is 0. The van der Waals surface area contributed by atoms with Crippen molar-refractivity contribution in [1.29, 1.82) is 0 Å². The fraction of sp³-hybridized carbons (Fsp3) is 0.667. The number of hydrogen-bond acceptors (Lipinski definition) is 2.